The molecular weight excluding hydrogens is 410 g/mol. The van der Waals surface area contributed by atoms with Crippen molar-refractivity contribution in [2.24, 2.45) is 0 Å². The van der Waals surface area contributed by atoms with Crippen LogP contribution in [0.25, 0.3) is 40.1 Å². The van der Waals surface area contributed by atoms with Gasteiger partial charge in [0.15, 0.2) is 17.1 Å². The van der Waals surface area contributed by atoms with Gasteiger partial charge in [-0.05, 0) is 47.0 Å². The molecule has 5 nitrogen and oxygen atoms in total. The Morgan fingerprint density at radius 2 is 1.64 bits per heavy atom. The molecule has 0 spiro atoms. The smallest absolute Gasteiger partial charge is 0.161 e. The zero-order valence-electron chi connectivity index (χ0n) is 17.7. The fourth-order valence-corrected chi connectivity index (χ4v) is 4.27. The number of ether oxygens (including phenoxy) is 2. The lowest BCUT2D eigenvalue weighted by atomic mass is 10.0. The number of fused-ring (bicyclic) bond motifs is 4. The van der Waals surface area contributed by atoms with Crippen LogP contribution in [0.15, 0.2) is 78.9 Å². The molecule has 0 aliphatic carbocycles. The molecule has 3 aromatic carbocycles. The Morgan fingerprint density at radius 1 is 0.848 bits per heavy atom. The van der Waals surface area contributed by atoms with E-state index in [1.807, 2.05) is 72.8 Å². The minimum absolute atomic E-state index is 0.541. The highest BCUT2D eigenvalue weighted by atomic mass is 16.6. The van der Waals surface area contributed by atoms with Crippen LogP contribution in [-0.2, 0) is 0 Å². The fraction of sp³-hybridized carbons (Fsp3) is 0.0714. The van der Waals surface area contributed by atoms with Gasteiger partial charge in [0.05, 0.1) is 16.7 Å². The average molecular weight is 429 g/mol. The van der Waals surface area contributed by atoms with Gasteiger partial charge in [-0.2, -0.15) is 5.26 Å². The number of hydrogen-bond donors (Lipinski definition) is 0. The summed E-state index contributed by atoms with van der Waals surface area (Å²) >= 11 is 0. The molecule has 5 aromatic rings. The standard InChI is InChI=1S/C28H19N3O2/c29-18-22-21(12-10-19-11-13-26-27(16-19)33-15-14-32-26)17-25(20-6-2-1-3-7-20)31-24-9-5-4-8-23(24)30-28(22)31/h1-13,16-17H,14-15H2. The molecule has 1 aliphatic heterocycles. The van der Waals surface area contributed by atoms with E-state index in [0.717, 1.165) is 44.9 Å². The van der Waals surface area contributed by atoms with E-state index in [0.29, 0.717) is 24.4 Å². The molecule has 158 valence electrons. The lowest BCUT2D eigenvalue weighted by Gasteiger charge is -2.18. The van der Waals surface area contributed by atoms with Gasteiger partial charge in [-0.3, -0.25) is 4.40 Å². The first-order chi connectivity index (χ1) is 16.3. The second-order valence-electron chi connectivity index (χ2n) is 7.83. The average Bonchev–Trinajstić information content (AvgIpc) is 3.26. The molecule has 1 aliphatic rings. The van der Waals surface area contributed by atoms with Crippen LogP contribution >= 0.6 is 0 Å². The van der Waals surface area contributed by atoms with Crippen LogP contribution < -0.4 is 9.47 Å². The monoisotopic (exact) mass is 429 g/mol. The van der Waals surface area contributed by atoms with Gasteiger partial charge in [-0.25, -0.2) is 4.98 Å². The first-order valence-electron chi connectivity index (χ1n) is 10.8. The zero-order chi connectivity index (χ0) is 22.2. The highest BCUT2D eigenvalue weighted by molar-refractivity contribution is 5.89. The summed E-state index contributed by atoms with van der Waals surface area (Å²) in [6, 6.07) is 28.4. The van der Waals surface area contributed by atoms with Crippen LogP contribution in [0.1, 0.15) is 16.7 Å². The van der Waals surface area contributed by atoms with Crippen LogP contribution in [0.4, 0.5) is 0 Å². The minimum atomic E-state index is 0.541. The third-order valence-electron chi connectivity index (χ3n) is 5.81. The van der Waals surface area contributed by atoms with Gasteiger partial charge in [0.1, 0.15) is 24.8 Å². The van der Waals surface area contributed by atoms with Crippen molar-refractivity contribution in [2.45, 2.75) is 0 Å². The highest BCUT2D eigenvalue weighted by Crippen LogP contribution is 2.33. The minimum Gasteiger partial charge on any atom is -0.486 e. The Balaban J connectivity index is 1.56. The zero-order valence-corrected chi connectivity index (χ0v) is 17.7. The third-order valence-corrected chi connectivity index (χ3v) is 5.81. The Labute approximate surface area is 190 Å². The lowest BCUT2D eigenvalue weighted by Crippen LogP contribution is -2.15. The van der Waals surface area contributed by atoms with E-state index >= 15 is 0 Å². The Hall–Kier alpha value is -4.56. The molecule has 0 bridgehead atoms. The van der Waals surface area contributed by atoms with Gasteiger partial charge < -0.3 is 9.47 Å². The molecular formula is C28H19N3O2. The molecule has 0 unspecified atom stereocenters. The normalized spacial score (nSPS) is 12.9. The van der Waals surface area contributed by atoms with Crippen molar-refractivity contribution < 1.29 is 9.47 Å². The molecule has 0 N–H and O–H groups in total. The topological polar surface area (TPSA) is 59.5 Å². The third kappa shape index (κ3) is 3.29. The molecule has 2 aromatic heterocycles. The molecule has 33 heavy (non-hydrogen) atoms. The van der Waals surface area contributed by atoms with E-state index < -0.39 is 0 Å². The Morgan fingerprint density at radius 3 is 2.48 bits per heavy atom. The predicted molar refractivity (Wildman–Crippen MR) is 129 cm³/mol. The van der Waals surface area contributed by atoms with Crippen molar-refractivity contribution in [3.8, 4) is 28.8 Å². The largest absolute Gasteiger partial charge is 0.486 e. The van der Waals surface area contributed by atoms with Gasteiger partial charge in [-0.15, -0.1) is 0 Å². The number of nitriles is 1. The number of nitrogens with zero attached hydrogens (tertiary/aromatic N) is 3. The molecule has 0 fully saturated rings. The van der Waals surface area contributed by atoms with Crippen molar-refractivity contribution in [1.82, 2.24) is 9.38 Å². The molecule has 0 saturated carbocycles. The summed E-state index contributed by atoms with van der Waals surface area (Å²) in [7, 11) is 0. The van der Waals surface area contributed by atoms with Crippen LogP contribution in [0, 0.1) is 11.3 Å². The molecule has 3 heterocycles. The highest BCUT2D eigenvalue weighted by Gasteiger charge is 2.17. The molecule has 0 saturated heterocycles. The van der Waals surface area contributed by atoms with Crippen LogP contribution in [0.2, 0.25) is 0 Å². The summed E-state index contributed by atoms with van der Waals surface area (Å²) in [5, 5.41) is 10.1. The van der Waals surface area contributed by atoms with Crippen molar-refractivity contribution in [1.29, 1.82) is 5.26 Å². The van der Waals surface area contributed by atoms with E-state index in [9.17, 15) is 5.26 Å². The summed E-state index contributed by atoms with van der Waals surface area (Å²) in [5.41, 5.74) is 6.86. The molecule has 0 amide bonds. The quantitative estimate of drug-likeness (QED) is 0.355. The van der Waals surface area contributed by atoms with Crippen LogP contribution in [0.3, 0.4) is 0 Å². The summed E-state index contributed by atoms with van der Waals surface area (Å²) < 4.78 is 13.4. The van der Waals surface area contributed by atoms with Gasteiger partial charge >= 0.3 is 0 Å². The number of benzene rings is 3. The number of aromatic nitrogens is 2. The van der Waals surface area contributed by atoms with Gasteiger partial charge in [0, 0.05) is 0 Å². The Kier molecular flexibility index (Phi) is 4.55. The number of imidazole rings is 1. The maximum absolute atomic E-state index is 10.1. The number of rotatable bonds is 3. The van der Waals surface area contributed by atoms with E-state index in [2.05, 4.69) is 28.7 Å². The molecule has 6 rings (SSSR count). The maximum Gasteiger partial charge on any atom is 0.161 e. The summed E-state index contributed by atoms with van der Waals surface area (Å²) in [4.78, 5) is 4.82. The SMILES string of the molecule is N#Cc1c(C=Cc2ccc3c(c2)OCCO3)cc(-c2ccccc2)n2c1nc1ccccc12. The number of pyridine rings is 1. The number of para-hydroxylation sites is 2. The maximum atomic E-state index is 10.1. The fourth-order valence-electron chi connectivity index (χ4n) is 4.27. The first-order valence-corrected chi connectivity index (χ1v) is 10.8. The van der Waals surface area contributed by atoms with Crippen LogP contribution in [-0.4, -0.2) is 22.6 Å². The first kappa shape index (κ1) is 19.1. The summed E-state index contributed by atoms with van der Waals surface area (Å²) in [5.74, 6) is 1.50. The van der Waals surface area contributed by atoms with E-state index in [1.54, 1.807) is 0 Å². The van der Waals surface area contributed by atoms with Gasteiger partial charge in [-0.1, -0.05) is 60.7 Å². The van der Waals surface area contributed by atoms with Gasteiger partial charge in [0.25, 0.3) is 0 Å². The van der Waals surface area contributed by atoms with E-state index in [-0.39, 0.29) is 0 Å². The van der Waals surface area contributed by atoms with E-state index in [1.165, 1.54) is 0 Å². The number of hydrogen-bond acceptors (Lipinski definition) is 4. The van der Waals surface area contributed by atoms with E-state index in [4.69, 9.17) is 14.5 Å². The van der Waals surface area contributed by atoms with Crippen LogP contribution in [0.5, 0.6) is 11.5 Å². The van der Waals surface area contributed by atoms with Gasteiger partial charge in [0.2, 0.25) is 0 Å². The second-order valence-corrected chi connectivity index (χ2v) is 7.83. The van der Waals surface area contributed by atoms with Crippen molar-refractivity contribution in [3.63, 3.8) is 0 Å². The summed E-state index contributed by atoms with van der Waals surface area (Å²) in [6.07, 6.45) is 3.96. The lowest BCUT2D eigenvalue weighted by molar-refractivity contribution is 0.171. The Bertz CT molecular complexity index is 1580. The second kappa shape index (κ2) is 7.85. The van der Waals surface area contributed by atoms with Crippen molar-refractivity contribution >= 4 is 28.8 Å². The molecule has 0 radical (unpaired) electrons. The molecule has 0 atom stereocenters. The van der Waals surface area contributed by atoms with Crippen molar-refractivity contribution in [2.75, 3.05) is 13.2 Å². The predicted octanol–water partition coefficient (Wildman–Crippen LogP) is 5.97. The van der Waals surface area contributed by atoms with Crippen molar-refractivity contribution in [3.05, 3.63) is 95.6 Å². The molecule has 5 heteroatoms. The summed E-state index contributed by atoms with van der Waals surface area (Å²) in [6.45, 7) is 1.11.